The van der Waals surface area contributed by atoms with E-state index < -0.39 is 12.9 Å². The SMILES string of the molecule is CC(=O)c1cccc2c1OB(O)[C@@H](CC(=O)Cc1nnnn1Cc1csc(N)n1)C2. The van der Waals surface area contributed by atoms with Gasteiger partial charge in [-0.2, -0.15) is 0 Å². The van der Waals surface area contributed by atoms with Crippen molar-refractivity contribution in [3.8, 4) is 5.75 Å². The Morgan fingerprint density at radius 1 is 1.43 bits per heavy atom. The first kappa shape index (κ1) is 20.2. The Balaban J connectivity index is 1.42. The van der Waals surface area contributed by atoms with E-state index in [1.165, 1.54) is 22.9 Å². The normalized spacial score (nSPS) is 15.5. The highest BCUT2D eigenvalue weighted by molar-refractivity contribution is 7.13. The molecule has 154 valence electrons. The lowest BCUT2D eigenvalue weighted by Crippen LogP contribution is -2.36. The van der Waals surface area contributed by atoms with Crippen molar-refractivity contribution in [2.75, 3.05) is 5.73 Å². The lowest BCUT2D eigenvalue weighted by Gasteiger charge is -2.28. The Morgan fingerprint density at radius 2 is 2.27 bits per heavy atom. The van der Waals surface area contributed by atoms with Crippen LogP contribution < -0.4 is 10.4 Å². The number of rotatable bonds is 7. The van der Waals surface area contributed by atoms with Crippen LogP contribution in [-0.4, -0.2) is 48.9 Å². The summed E-state index contributed by atoms with van der Waals surface area (Å²) in [5, 5.41) is 24.2. The zero-order valence-corrected chi connectivity index (χ0v) is 17.0. The molecule has 10 nitrogen and oxygen atoms in total. The Morgan fingerprint density at radius 3 is 3.00 bits per heavy atom. The van der Waals surface area contributed by atoms with Gasteiger partial charge in [-0.1, -0.05) is 12.1 Å². The maximum atomic E-state index is 12.7. The molecule has 0 bridgehead atoms. The zero-order chi connectivity index (χ0) is 21.3. The van der Waals surface area contributed by atoms with Crippen molar-refractivity contribution in [2.45, 2.75) is 38.5 Å². The first-order valence-electron chi connectivity index (χ1n) is 9.35. The van der Waals surface area contributed by atoms with Gasteiger partial charge in [-0.3, -0.25) is 9.59 Å². The van der Waals surface area contributed by atoms with Crippen LogP contribution in [0.3, 0.4) is 0 Å². The van der Waals surface area contributed by atoms with Crippen molar-refractivity contribution in [2.24, 2.45) is 0 Å². The van der Waals surface area contributed by atoms with Gasteiger partial charge in [0.25, 0.3) is 0 Å². The number of para-hydroxylation sites is 1. The fraction of sp³-hybridized carbons (Fsp3) is 0.333. The average Bonchev–Trinajstić information content (AvgIpc) is 3.30. The lowest BCUT2D eigenvalue weighted by atomic mass is 9.64. The van der Waals surface area contributed by atoms with Gasteiger partial charge in [-0.05, 0) is 35.4 Å². The molecule has 0 saturated carbocycles. The summed E-state index contributed by atoms with van der Waals surface area (Å²) in [6.07, 6.45) is 0.560. The van der Waals surface area contributed by atoms with Gasteiger partial charge in [-0.15, -0.1) is 16.4 Å². The molecule has 0 fully saturated rings. The fourth-order valence-corrected chi connectivity index (χ4v) is 4.05. The number of anilines is 1. The second kappa shape index (κ2) is 8.32. The van der Waals surface area contributed by atoms with Crippen LogP contribution in [0, 0.1) is 0 Å². The fourth-order valence-electron chi connectivity index (χ4n) is 3.50. The number of benzene rings is 1. The molecule has 12 heteroatoms. The molecule has 30 heavy (non-hydrogen) atoms. The number of hydrogen-bond donors (Lipinski definition) is 2. The highest BCUT2D eigenvalue weighted by atomic mass is 32.1. The van der Waals surface area contributed by atoms with E-state index in [9.17, 15) is 14.6 Å². The van der Waals surface area contributed by atoms with E-state index in [-0.39, 0.29) is 24.4 Å². The second-order valence-electron chi connectivity index (χ2n) is 7.17. The third-order valence-electron chi connectivity index (χ3n) is 4.93. The largest absolute Gasteiger partial charge is 0.535 e. The molecule has 3 heterocycles. The number of nitrogens with zero attached hydrogens (tertiary/aromatic N) is 5. The van der Waals surface area contributed by atoms with Crippen LogP contribution in [0.1, 0.15) is 40.8 Å². The van der Waals surface area contributed by atoms with Gasteiger partial charge in [-0.25, -0.2) is 9.67 Å². The van der Waals surface area contributed by atoms with E-state index in [0.717, 1.165) is 5.56 Å². The van der Waals surface area contributed by atoms with Gasteiger partial charge in [0.1, 0.15) is 11.5 Å². The first-order valence-corrected chi connectivity index (χ1v) is 10.2. The summed E-state index contributed by atoms with van der Waals surface area (Å²) in [6, 6.07) is 5.27. The number of fused-ring (bicyclic) bond motifs is 1. The van der Waals surface area contributed by atoms with Crippen LogP contribution in [0.2, 0.25) is 5.82 Å². The number of hydrogen-bond acceptors (Lipinski definition) is 10. The summed E-state index contributed by atoms with van der Waals surface area (Å²) in [7, 11) is -1.17. The average molecular weight is 426 g/mol. The number of Topliss-reactive ketones (excluding diaryl/α,β-unsaturated/α-hetero) is 2. The van der Waals surface area contributed by atoms with E-state index in [4.69, 9.17) is 10.4 Å². The van der Waals surface area contributed by atoms with Crippen LogP contribution >= 0.6 is 11.3 Å². The topological polar surface area (TPSA) is 146 Å². The lowest BCUT2D eigenvalue weighted by molar-refractivity contribution is -0.118. The molecular formula is C18H19BN6O4S. The molecular weight excluding hydrogens is 407 g/mol. The van der Waals surface area contributed by atoms with Crippen molar-refractivity contribution in [1.82, 2.24) is 25.2 Å². The number of thiazole rings is 1. The molecule has 1 aliphatic heterocycles. The zero-order valence-electron chi connectivity index (χ0n) is 16.2. The third-order valence-corrected chi connectivity index (χ3v) is 5.66. The predicted octanol–water partition coefficient (Wildman–Crippen LogP) is 0.950. The molecule has 0 aliphatic carbocycles. The molecule has 0 spiro atoms. The molecule has 3 N–H and O–H groups in total. The molecule has 1 aromatic carbocycles. The quantitative estimate of drug-likeness (QED) is 0.416. The summed E-state index contributed by atoms with van der Waals surface area (Å²) in [6.45, 7) is 1.77. The number of carbonyl (C=O) groups excluding carboxylic acids is 2. The van der Waals surface area contributed by atoms with Gasteiger partial charge in [0.2, 0.25) is 0 Å². The highest BCUT2D eigenvalue weighted by Gasteiger charge is 2.37. The number of carbonyl (C=O) groups is 2. The van der Waals surface area contributed by atoms with Crippen LogP contribution in [0.5, 0.6) is 5.75 Å². The van der Waals surface area contributed by atoms with Crippen LogP contribution in [0.4, 0.5) is 5.13 Å². The van der Waals surface area contributed by atoms with Crippen LogP contribution in [0.25, 0.3) is 0 Å². The van der Waals surface area contributed by atoms with Crippen molar-refractivity contribution in [3.63, 3.8) is 0 Å². The van der Waals surface area contributed by atoms with Gasteiger partial charge in [0, 0.05) is 17.6 Å². The second-order valence-corrected chi connectivity index (χ2v) is 8.06. The number of aromatic nitrogens is 5. The molecule has 2 aromatic heterocycles. The Labute approximate surface area is 176 Å². The number of tetrazole rings is 1. The number of ketones is 2. The molecule has 1 aliphatic rings. The smallest absolute Gasteiger partial charge is 0.526 e. The molecule has 3 aromatic rings. The molecule has 0 amide bonds. The van der Waals surface area contributed by atoms with Crippen LogP contribution in [0.15, 0.2) is 23.6 Å². The van der Waals surface area contributed by atoms with Crippen molar-refractivity contribution < 1.29 is 19.3 Å². The Bertz CT molecular complexity index is 1100. The van der Waals surface area contributed by atoms with E-state index in [1.54, 1.807) is 12.1 Å². The standard InChI is InChI=1S/C18H19BN6O4S/c1-10(26)15-4-2-3-11-5-12(19(28)29-17(11)15)6-14(27)7-16-22-23-24-25(16)8-13-9-30-18(20)21-13/h2-4,9,12,28H,5-8H2,1H3,(H2,20,21)/t12-/m1/s1. The van der Waals surface area contributed by atoms with Crippen molar-refractivity contribution >= 4 is 35.2 Å². The van der Waals surface area contributed by atoms with E-state index in [1.807, 2.05) is 11.4 Å². The van der Waals surface area contributed by atoms with Crippen LogP contribution in [-0.2, 0) is 24.2 Å². The summed E-state index contributed by atoms with van der Waals surface area (Å²) >= 11 is 1.32. The molecule has 0 unspecified atom stereocenters. The maximum Gasteiger partial charge on any atom is 0.526 e. The van der Waals surface area contributed by atoms with Crippen molar-refractivity contribution in [1.29, 1.82) is 0 Å². The van der Waals surface area contributed by atoms with Crippen molar-refractivity contribution in [3.05, 3.63) is 46.2 Å². The summed E-state index contributed by atoms with van der Waals surface area (Å²) < 4.78 is 7.10. The summed E-state index contributed by atoms with van der Waals surface area (Å²) in [5.41, 5.74) is 7.59. The monoisotopic (exact) mass is 426 g/mol. The number of nitrogen functional groups attached to an aromatic ring is 1. The van der Waals surface area contributed by atoms with Gasteiger partial charge in [0.05, 0.1) is 24.2 Å². The maximum absolute atomic E-state index is 12.7. The van der Waals surface area contributed by atoms with E-state index in [2.05, 4.69) is 20.5 Å². The molecule has 1 atom stereocenters. The minimum absolute atomic E-state index is 0.0240. The van der Waals surface area contributed by atoms with Gasteiger partial charge >= 0.3 is 7.12 Å². The third kappa shape index (κ3) is 4.24. The van der Waals surface area contributed by atoms with E-state index >= 15 is 0 Å². The van der Waals surface area contributed by atoms with Gasteiger partial charge < -0.3 is 15.4 Å². The first-order chi connectivity index (χ1) is 14.4. The highest BCUT2D eigenvalue weighted by Crippen LogP contribution is 2.36. The summed E-state index contributed by atoms with van der Waals surface area (Å²) in [5.74, 6) is 0.129. The minimum atomic E-state index is -1.17. The predicted molar refractivity (Wildman–Crippen MR) is 109 cm³/mol. The Kier molecular flexibility index (Phi) is 5.60. The Hall–Kier alpha value is -3.12. The molecule has 0 saturated heterocycles. The molecule has 4 rings (SSSR count). The minimum Gasteiger partial charge on any atom is -0.535 e. The molecule has 0 radical (unpaired) electrons. The summed E-state index contributed by atoms with van der Waals surface area (Å²) in [4.78, 5) is 28.6. The van der Waals surface area contributed by atoms with E-state index in [0.29, 0.717) is 40.9 Å². The van der Waals surface area contributed by atoms with Gasteiger partial charge in [0.15, 0.2) is 16.7 Å². The number of nitrogens with two attached hydrogens (primary N) is 1.